The molecule has 0 aliphatic heterocycles. The van der Waals surface area contributed by atoms with E-state index in [4.69, 9.17) is 5.73 Å². The third kappa shape index (κ3) is 3.10. The number of rotatable bonds is 3. The van der Waals surface area contributed by atoms with Gasteiger partial charge in [0.25, 0.3) is 0 Å². The van der Waals surface area contributed by atoms with Crippen LogP contribution in [0, 0.1) is 12.8 Å². The van der Waals surface area contributed by atoms with E-state index in [0.29, 0.717) is 18.8 Å². The third-order valence-corrected chi connectivity index (χ3v) is 2.73. The van der Waals surface area contributed by atoms with Crippen molar-refractivity contribution in [2.45, 2.75) is 25.9 Å². The Balaban J connectivity index is 1.86. The number of nitrogens with two attached hydrogens (primary N) is 1. The summed E-state index contributed by atoms with van der Waals surface area (Å²) in [5.74, 6) is 0.609. The van der Waals surface area contributed by atoms with E-state index in [2.05, 4.69) is 15.3 Å². The molecule has 5 heteroatoms. The van der Waals surface area contributed by atoms with Gasteiger partial charge in [-0.2, -0.15) is 0 Å². The van der Waals surface area contributed by atoms with Crippen molar-refractivity contribution in [1.82, 2.24) is 15.3 Å². The average molecular weight is 232 g/mol. The van der Waals surface area contributed by atoms with E-state index in [9.17, 15) is 4.79 Å². The lowest BCUT2D eigenvalue weighted by Crippen LogP contribution is -2.30. The molecule has 0 bridgehead atoms. The topological polar surface area (TPSA) is 80.9 Å². The number of hydrogen-bond acceptors (Lipinski definition) is 4. The van der Waals surface area contributed by atoms with Gasteiger partial charge in [0.2, 0.25) is 5.91 Å². The highest BCUT2D eigenvalue weighted by atomic mass is 16.1. The zero-order valence-electron chi connectivity index (χ0n) is 9.76. The first-order chi connectivity index (χ1) is 8.15. The monoisotopic (exact) mass is 232 g/mol. The Hall–Kier alpha value is -1.75. The second kappa shape index (κ2) is 5.05. The molecular weight excluding hydrogens is 216 g/mol. The number of aromatic nitrogens is 2. The van der Waals surface area contributed by atoms with Crippen LogP contribution in [0.15, 0.2) is 24.4 Å². The van der Waals surface area contributed by atoms with Crippen LogP contribution in [0.1, 0.15) is 17.9 Å². The van der Waals surface area contributed by atoms with Crippen molar-refractivity contribution >= 4 is 5.91 Å². The van der Waals surface area contributed by atoms with Crippen LogP contribution in [0.25, 0.3) is 0 Å². The van der Waals surface area contributed by atoms with Crippen LogP contribution in [0.5, 0.6) is 0 Å². The van der Waals surface area contributed by atoms with Gasteiger partial charge in [0, 0.05) is 12.2 Å². The van der Waals surface area contributed by atoms with Crippen molar-refractivity contribution in [2.75, 3.05) is 0 Å². The van der Waals surface area contributed by atoms with Crippen LogP contribution in [0.4, 0.5) is 0 Å². The van der Waals surface area contributed by atoms with Crippen LogP contribution < -0.4 is 11.1 Å². The van der Waals surface area contributed by atoms with Gasteiger partial charge in [-0.05, 0) is 19.4 Å². The number of hydrogen-bond donors (Lipinski definition) is 2. The Morgan fingerprint density at radius 3 is 3.06 bits per heavy atom. The second-order valence-corrected chi connectivity index (χ2v) is 4.20. The molecule has 2 rings (SSSR count). The molecule has 0 spiro atoms. The average Bonchev–Trinajstić information content (AvgIpc) is 2.73. The minimum Gasteiger partial charge on any atom is -0.350 e. The van der Waals surface area contributed by atoms with Crippen molar-refractivity contribution in [1.29, 1.82) is 0 Å². The fourth-order valence-electron chi connectivity index (χ4n) is 1.83. The number of carbonyl (C=O) groups is 1. The van der Waals surface area contributed by atoms with Gasteiger partial charge in [0.05, 0.1) is 18.2 Å². The van der Waals surface area contributed by atoms with Crippen LogP contribution >= 0.6 is 0 Å². The SMILES string of the molecule is Cc1nccc(CNC(=O)C2C=CC(N)C2)n1. The molecule has 1 aliphatic rings. The Labute approximate surface area is 100 Å². The molecular formula is C12H16N4O. The van der Waals surface area contributed by atoms with Crippen LogP contribution in [-0.2, 0) is 11.3 Å². The lowest BCUT2D eigenvalue weighted by atomic mass is 10.1. The van der Waals surface area contributed by atoms with Crippen molar-refractivity contribution < 1.29 is 4.79 Å². The summed E-state index contributed by atoms with van der Waals surface area (Å²) in [6, 6.07) is 1.80. The lowest BCUT2D eigenvalue weighted by Gasteiger charge is -2.10. The number of carbonyl (C=O) groups excluding carboxylic acids is 1. The lowest BCUT2D eigenvalue weighted by molar-refractivity contribution is -0.123. The second-order valence-electron chi connectivity index (χ2n) is 4.20. The highest BCUT2D eigenvalue weighted by molar-refractivity contribution is 5.80. The van der Waals surface area contributed by atoms with Crippen molar-refractivity contribution in [3.05, 3.63) is 35.9 Å². The fraction of sp³-hybridized carbons (Fsp3) is 0.417. The van der Waals surface area contributed by atoms with Crippen LogP contribution in [0.2, 0.25) is 0 Å². The first kappa shape index (κ1) is 11.7. The van der Waals surface area contributed by atoms with E-state index in [1.54, 1.807) is 12.3 Å². The summed E-state index contributed by atoms with van der Waals surface area (Å²) in [5.41, 5.74) is 6.52. The molecule has 1 aromatic rings. The number of amides is 1. The molecule has 1 aliphatic carbocycles. The molecule has 1 heterocycles. The Kier molecular flexibility index (Phi) is 3.49. The summed E-state index contributed by atoms with van der Waals surface area (Å²) >= 11 is 0. The normalized spacial score (nSPS) is 22.7. The standard InChI is InChI=1S/C12H16N4O/c1-8-14-5-4-11(16-8)7-15-12(17)9-2-3-10(13)6-9/h2-5,9-10H,6-7,13H2,1H3,(H,15,17). The summed E-state index contributed by atoms with van der Waals surface area (Å²) in [4.78, 5) is 20.0. The summed E-state index contributed by atoms with van der Waals surface area (Å²) in [6.45, 7) is 2.26. The molecule has 1 amide bonds. The summed E-state index contributed by atoms with van der Waals surface area (Å²) in [6.07, 6.45) is 6.12. The molecule has 2 atom stereocenters. The predicted octanol–water partition coefficient (Wildman–Crippen LogP) is 0.305. The van der Waals surface area contributed by atoms with Gasteiger partial charge in [-0.15, -0.1) is 0 Å². The maximum atomic E-state index is 11.8. The number of nitrogens with one attached hydrogen (secondary N) is 1. The van der Waals surface area contributed by atoms with Crippen LogP contribution in [0.3, 0.4) is 0 Å². The zero-order valence-corrected chi connectivity index (χ0v) is 9.76. The fourth-order valence-corrected chi connectivity index (χ4v) is 1.83. The maximum Gasteiger partial charge on any atom is 0.227 e. The minimum atomic E-state index is -0.104. The minimum absolute atomic E-state index is 0.00506. The van der Waals surface area contributed by atoms with Gasteiger partial charge in [0.15, 0.2) is 0 Å². The van der Waals surface area contributed by atoms with Gasteiger partial charge >= 0.3 is 0 Å². The zero-order chi connectivity index (χ0) is 12.3. The van der Waals surface area contributed by atoms with Gasteiger partial charge < -0.3 is 11.1 Å². The Bertz CT molecular complexity index is 444. The van der Waals surface area contributed by atoms with Crippen molar-refractivity contribution in [3.8, 4) is 0 Å². The van der Waals surface area contributed by atoms with E-state index in [-0.39, 0.29) is 17.9 Å². The molecule has 90 valence electrons. The van der Waals surface area contributed by atoms with Crippen molar-refractivity contribution in [2.24, 2.45) is 11.7 Å². The first-order valence-electron chi connectivity index (χ1n) is 5.65. The summed E-state index contributed by atoms with van der Waals surface area (Å²) in [7, 11) is 0. The summed E-state index contributed by atoms with van der Waals surface area (Å²) in [5, 5.41) is 2.85. The maximum absolute atomic E-state index is 11.8. The van der Waals surface area contributed by atoms with E-state index in [0.717, 1.165) is 5.69 Å². The highest BCUT2D eigenvalue weighted by Crippen LogP contribution is 2.16. The van der Waals surface area contributed by atoms with E-state index in [1.807, 2.05) is 19.1 Å². The Morgan fingerprint density at radius 1 is 1.59 bits per heavy atom. The predicted molar refractivity (Wildman–Crippen MR) is 63.8 cm³/mol. The molecule has 0 fully saturated rings. The molecule has 0 radical (unpaired) electrons. The Morgan fingerprint density at radius 2 is 2.41 bits per heavy atom. The molecule has 0 aromatic carbocycles. The van der Waals surface area contributed by atoms with Crippen LogP contribution in [-0.4, -0.2) is 21.9 Å². The van der Waals surface area contributed by atoms with E-state index >= 15 is 0 Å². The largest absolute Gasteiger partial charge is 0.350 e. The van der Waals surface area contributed by atoms with Gasteiger partial charge in [-0.25, -0.2) is 9.97 Å². The molecule has 3 N–H and O–H groups in total. The van der Waals surface area contributed by atoms with E-state index < -0.39 is 0 Å². The highest BCUT2D eigenvalue weighted by Gasteiger charge is 2.22. The summed E-state index contributed by atoms with van der Waals surface area (Å²) < 4.78 is 0. The van der Waals surface area contributed by atoms with Crippen molar-refractivity contribution in [3.63, 3.8) is 0 Å². The van der Waals surface area contributed by atoms with Gasteiger partial charge in [-0.1, -0.05) is 12.2 Å². The number of aryl methyl sites for hydroxylation is 1. The third-order valence-electron chi connectivity index (χ3n) is 2.73. The molecule has 17 heavy (non-hydrogen) atoms. The smallest absolute Gasteiger partial charge is 0.227 e. The number of nitrogens with zero attached hydrogens (tertiary/aromatic N) is 2. The van der Waals surface area contributed by atoms with E-state index in [1.165, 1.54) is 0 Å². The van der Waals surface area contributed by atoms with Gasteiger partial charge in [-0.3, -0.25) is 4.79 Å². The van der Waals surface area contributed by atoms with Gasteiger partial charge in [0.1, 0.15) is 5.82 Å². The molecule has 0 saturated carbocycles. The molecule has 1 aromatic heterocycles. The first-order valence-corrected chi connectivity index (χ1v) is 5.65. The molecule has 2 unspecified atom stereocenters. The molecule has 0 saturated heterocycles. The quantitative estimate of drug-likeness (QED) is 0.735. The molecule has 5 nitrogen and oxygen atoms in total.